The van der Waals surface area contributed by atoms with Gasteiger partial charge in [0, 0.05) is 6.42 Å². The first-order valence-corrected chi connectivity index (χ1v) is 20.8. The Balaban J connectivity index is 1.40. The number of unbranched alkanes of at least 4 members (excludes halogenated alkanes) is 14. The molecule has 3 aromatic carbocycles. The number of carbonyl (C=O) groups is 3. The number of nitrogens with one attached hydrogen (secondary N) is 1. The molecule has 2 amide bonds. The van der Waals surface area contributed by atoms with E-state index in [1.807, 2.05) is 0 Å². The lowest BCUT2D eigenvalue weighted by molar-refractivity contribution is -0.119. The first-order chi connectivity index (χ1) is 27.0. The van der Waals surface area contributed by atoms with E-state index in [1.54, 1.807) is 30.3 Å². The molecule has 56 heavy (non-hydrogen) atoms. The Bertz CT molecular complexity index is 1940. The SMILES string of the molecule is CCCCCCCCCCCCCCCCCC(=O)NC1=NN(c2ccc(Oc3ccccc3)c(S(=O)(=O)O)c2)C(=O)[C@@H]1N=Nc1cc(C(=O)OC)ccc1O. The molecule has 0 fully saturated rings. The molecular formula is C41H53N5O9S. The van der Waals surface area contributed by atoms with Crippen molar-refractivity contribution in [3.63, 3.8) is 0 Å². The zero-order chi connectivity index (χ0) is 40.3. The van der Waals surface area contributed by atoms with Crippen LogP contribution < -0.4 is 15.1 Å². The molecule has 0 radical (unpaired) electrons. The maximum Gasteiger partial charge on any atom is 0.337 e. The average molecular weight is 792 g/mol. The first kappa shape index (κ1) is 43.6. The molecule has 1 heterocycles. The summed E-state index contributed by atoms with van der Waals surface area (Å²) in [5.74, 6) is -2.34. The number of methoxy groups -OCH3 is 1. The molecule has 1 aliphatic rings. The van der Waals surface area contributed by atoms with Gasteiger partial charge < -0.3 is 19.9 Å². The van der Waals surface area contributed by atoms with Crippen molar-refractivity contribution in [2.75, 3.05) is 12.1 Å². The number of phenolic OH excluding ortho intramolecular Hbond substituents is 1. The third-order valence-electron chi connectivity index (χ3n) is 9.28. The number of phenols is 1. The summed E-state index contributed by atoms with van der Waals surface area (Å²) in [6.45, 7) is 2.24. The third-order valence-corrected chi connectivity index (χ3v) is 10.2. The number of hydrogen-bond acceptors (Lipinski definition) is 11. The van der Waals surface area contributed by atoms with Crippen molar-refractivity contribution in [1.29, 1.82) is 0 Å². The highest BCUT2D eigenvalue weighted by atomic mass is 32.2. The molecular weight excluding hydrogens is 739 g/mol. The second kappa shape index (κ2) is 22.4. The van der Waals surface area contributed by atoms with Gasteiger partial charge >= 0.3 is 5.97 Å². The smallest absolute Gasteiger partial charge is 0.337 e. The van der Waals surface area contributed by atoms with Crippen LogP contribution in [-0.2, 0) is 24.4 Å². The second-order valence-electron chi connectivity index (χ2n) is 13.7. The summed E-state index contributed by atoms with van der Waals surface area (Å²) >= 11 is 0. The Morgan fingerprint density at radius 2 is 1.45 bits per heavy atom. The maximum absolute atomic E-state index is 13.8. The Kier molecular flexibility index (Phi) is 17.4. The summed E-state index contributed by atoms with van der Waals surface area (Å²) in [6.07, 6.45) is 18.0. The number of nitrogens with zero attached hydrogens (tertiary/aromatic N) is 4. The number of anilines is 1. The normalized spacial score (nSPS) is 14.3. The van der Waals surface area contributed by atoms with E-state index < -0.39 is 38.8 Å². The Hall–Kier alpha value is -5.15. The van der Waals surface area contributed by atoms with Crippen molar-refractivity contribution < 1.29 is 41.9 Å². The summed E-state index contributed by atoms with van der Waals surface area (Å²) in [7, 11) is -3.66. The van der Waals surface area contributed by atoms with E-state index in [9.17, 15) is 32.5 Å². The summed E-state index contributed by atoms with van der Waals surface area (Å²) in [6, 6.07) is 14.2. The van der Waals surface area contributed by atoms with Crippen LogP contribution in [0.4, 0.5) is 11.4 Å². The Morgan fingerprint density at radius 1 is 0.839 bits per heavy atom. The summed E-state index contributed by atoms with van der Waals surface area (Å²) in [5.41, 5.74) is -0.163. The predicted molar refractivity (Wildman–Crippen MR) is 213 cm³/mol. The topological polar surface area (TPSA) is 197 Å². The lowest BCUT2D eigenvalue weighted by Gasteiger charge is -2.15. The van der Waals surface area contributed by atoms with Crippen LogP contribution in [0.3, 0.4) is 0 Å². The molecule has 0 saturated carbocycles. The van der Waals surface area contributed by atoms with Gasteiger partial charge in [-0.3, -0.25) is 14.1 Å². The number of esters is 1. The molecule has 3 N–H and O–H groups in total. The maximum atomic E-state index is 13.8. The quantitative estimate of drug-likeness (QED) is 0.0363. The molecule has 14 nitrogen and oxygen atoms in total. The number of amidine groups is 1. The van der Waals surface area contributed by atoms with Gasteiger partial charge in [0.05, 0.1) is 18.4 Å². The summed E-state index contributed by atoms with van der Waals surface area (Å²) in [5, 5.41) is 26.2. The van der Waals surface area contributed by atoms with Gasteiger partial charge in [0.15, 0.2) is 5.84 Å². The number of aromatic hydroxyl groups is 1. The monoisotopic (exact) mass is 791 g/mol. The highest BCUT2D eigenvalue weighted by molar-refractivity contribution is 7.86. The number of hydrogen-bond donors (Lipinski definition) is 3. The number of azo groups is 1. The minimum Gasteiger partial charge on any atom is -0.506 e. The molecule has 1 aliphatic heterocycles. The molecule has 0 spiro atoms. The van der Waals surface area contributed by atoms with Gasteiger partial charge in [0.2, 0.25) is 11.9 Å². The van der Waals surface area contributed by atoms with Crippen molar-refractivity contribution in [3.8, 4) is 17.2 Å². The standard InChI is InChI=1S/C41H53N5O9S/c1-3-4-5-6-7-8-9-10-11-12-13-14-15-16-20-23-37(48)42-39-38(44-43-33-28-30(41(50)54-2)24-26-34(33)47)40(49)46(45-39)31-25-27-35(36(29-31)56(51,52)53)55-32-21-18-17-19-22-32/h17-19,21-22,24-29,38,47H,3-16,20,23H2,1-2H3,(H,42,45,48)(H,51,52,53)/t38-/m1/s1. The van der Waals surface area contributed by atoms with Gasteiger partial charge in [0.1, 0.15) is 27.8 Å². The summed E-state index contributed by atoms with van der Waals surface area (Å²) in [4.78, 5) is 38.3. The predicted octanol–water partition coefficient (Wildman–Crippen LogP) is 9.41. The molecule has 0 aliphatic carbocycles. The van der Waals surface area contributed by atoms with Crippen LogP contribution >= 0.6 is 0 Å². The van der Waals surface area contributed by atoms with Gasteiger partial charge in [-0.2, -0.15) is 23.7 Å². The highest BCUT2D eigenvalue weighted by Crippen LogP contribution is 2.35. The minimum absolute atomic E-state index is 0.0693. The van der Waals surface area contributed by atoms with Crippen molar-refractivity contribution in [2.24, 2.45) is 15.3 Å². The number of rotatable bonds is 23. The van der Waals surface area contributed by atoms with Crippen LogP contribution in [0.5, 0.6) is 17.2 Å². The van der Waals surface area contributed by atoms with Crippen LogP contribution in [0.2, 0.25) is 0 Å². The average Bonchev–Trinajstić information content (AvgIpc) is 3.49. The number of para-hydroxylation sites is 1. The van der Waals surface area contributed by atoms with Crippen LogP contribution in [0.25, 0.3) is 0 Å². The molecule has 3 aromatic rings. The fourth-order valence-electron chi connectivity index (χ4n) is 6.19. The van der Waals surface area contributed by atoms with Crippen LogP contribution in [0, 0.1) is 0 Å². The lowest BCUT2D eigenvalue weighted by Crippen LogP contribution is -2.39. The first-order valence-electron chi connectivity index (χ1n) is 19.4. The van der Waals surface area contributed by atoms with E-state index in [-0.39, 0.29) is 40.7 Å². The van der Waals surface area contributed by atoms with E-state index in [0.29, 0.717) is 12.2 Å². The molecule has 4 rings (SSSR count). The molecule has 0 saturated heterocycles. The van der Waals surface area contributed by atoms with E-state index in [0.717, 1.165) is 30.3 Å². The van der Waals surface area contributed by atoms with Crippen molar-refractivity contribution >= 4 is 45.1 Å². The molecule has 0 aromatic heterocycles. The van der Waals surface area contributed by atoms with Crippen molar-refractivity contribution in [3.05, 3.63) is 72.3 Å². The third kappa shape index (κ3) is 13.6. The van der Waals surface area contributed by atoms with E-state index in [4.69, 9.17) is 9.47 Å². The van der Waals surface area contributed by atoms with Crippen LogP contribution in [0.1, 0.15) is 120 Å². The van der Waals surface area contributed by atoms with Gasteiger partial charge in [-0.1, -0.05) is 115 Å². The zero-order valence-corrected chi connectivity index (χ0v) is 33.0. The van der Waals surface area contributed by atoms with Gasteiger partial charge in [-0.15, -0.1) is 5.10 Å². The highest BCUT2D eigenvalue weighted by Gasteiger charge is 2.39. The summed E-state index contributed by atoms with van der Waals surface area (Å²) < 4.78 is 45.3. The number of carbonyl (C=O) groups excluding carboxylic acids is 3. The Labute approximate surface area is 329 Å². The van der Waals surface area contributed by atoms with Gasteiger partial charge in [0.25, 0.3) is 16.0 Å². The van der Waals surface area contributed by atoms with Crippen LogP contribution in [-0.4, -0.2) is 54.8 Å². The zero-order valence-electron chi connectivity index (χ0n) is 32.2. The van der Waals surface area contributed by atoms with E-state index >= 15 is 0 Å². The molecule has 302 valence electrons. The van der Waals surface area contributed by atoms with E-state index in [1.165, 1.54) is 108 Å². The second-order valence-corrected chi connectivity index (χ2v) is 15.1. The van der Waals surface area contributed by atoms with Gasteiger partial charge in [-0.05, 0) is 55.0 Å². The van der Waals surface area contributed by atoms with Crippen molar-refractivity contribution in [2.45, 2.75) is 121 Å². The Morgan fingerprint density at radius 3 is 2.04 bits per heavy atom. The number of benzene rings is 3. The largest absolute Gasteiger partial charge is 0.506 e. The van der Waals surface area contributed by atoms with Gasteiger partial charge in [-0.25, -0.2) is 4.79 Å². The van der Waals surface area contributed by atoms with Crippen LogP contribution in [0.15, 0.2) is 87.0 Å². The number of hydrazone groups is 1. The number of ether oxygens (including phenoxy) is 2. The molecule has 1 atom stereocenters. The minimum atomic E-state index is -4.85. The lowest BCUT2D eigenvalue weighted by atomic mass is 10.0. The molecule has 15 heteroatoms. The number of amides is 2. The molecule has 0 bridgehead atoms. The van der Waals surface area contributed by atoms with E-state index in [2.05, 4.69) is 27.6 Å². The molecule has 0 unspecified atom stereocenters. The van der Waals surface area contributed by atoms with Crippen molar-refractivity contribution in [1.82, 2.24) is 5.32 Å². The fourth-order valence-corrected chi connectivity index (χ4v) is 6.82. The fraction of sp³-hybridized carbons (Fsp3) is 0.463.